The Kier molecular flexibility index (Phi) is 4.85. The number of thiazole rings is 1. The molecule has 1 aromatic heterocycles. The van der Waals surface area contributed by atoms with Crippen molar-refractivity contribution in [3.8, 4) is 0 Å². The Morgan fingerprint density at radius 3 is 2.52 bits per heavy atom. The molecule has 1 aromatic rings. The largest absolute Gasteiger partial charge is 0.345 e. The minimum absolute atomic E-state index is 0.541. The van der Waals surface area contributed by atoms with Gasteiger partial charge in [-0.3, -0.25) is 0 Å². The van der Waals surface area contributed by atoms with Gasteiger partial charge in [-0.1, -0.05) is 26.7 Å². The van der Waals surface area contributed by atoms with Crippen LogP contribution in [0.1, 0.15) is 75.8 Å². The van der Waals surface area contributed by atoms with E-state index in [1.54, 1.807) is 0 Å². The van der Waals surface area contributed by atoms with Gasteiger partial charge in [0.15, 0.2) is 5.13 Å². The molecular weight excluding hydrogens is 278 g/mol. The van der Waals surface area contributed by atoms with Crippen LogP contribution in [-0.4, -0.2) is 23.6 Å². The smallest absolute Gasteiger partial charge is 0.186 e. The summed E-state index contributed by atoms with van der Waals surface area (Å²) >= 11 is 1.94. The predicted molar refractivity (Wildman–Crippen MR) is 91.3 cm³/mol. The zero-order valence-electron chi connectivity index (χ0n) is 13.7. The molecule has 1 heterocycles. The van der Waals surface area contributed by atoms with Crippen molar-refractivity contribution in [1.29, 1.82) is 0 Å². The minimum Gasteiger partial charge on any atom is -0.345 e. The topological polar surface area (TPSA) is 28.2 Å². The fraction of sp³-hybridized carbons (Fsp3) is 0.824. The Bertz CT molecular complexity index is 459. The first kappa shape index (κ1) is 15.3. The Labute approximate surface area is 133 Å². The number of hydrogen-bond donors (Lipinski definition) is 1. The summed E-state index contributed by atoms with van der Waals surface area (Å²) in [6.07, 6.45) is 8.17. The van der Waals surface area contributed by atoms with Crippen LogP contribution in [-0.2, 0) is 6.54 Å². The third-order valence-electron chi connectivity index (χ3n) is 4.70. The summed E-state index contributed by atoms with van der Waals surface area (Å²) in [6, 6.07) is 1.28. The van der Waals surface area contributed by atoms with Crippen LogP contribution < -0.4 is 10.2 Å². The summed E-state index contributed by atoms with van der Waals surface area (Å²) in [7, 11) is 0. The number of anilines is 1. The molecule has 0 radical (unpaired) electrons. The van der Waals surface area contributed by atoms with Crippen LogP contribution in [0.25, 0.3) is 0 Å². The van der Waals surface area contributed by atoms with Gasteiger partial charge < -0.3 is 10.2 Å². The molecule has 2 saturated carbocycles. The highest BCUT2D eigenvalue weighted by Crippen LogP contribution is 2.44. The third-order valence-corrected chi connectivity index (χ3v) is 5.81. The Balaban J connectivity index is 1.79. The van der Waals surface area contributed by atoms with E-state index in [4.69, 9.17) is 4.98 Å². The Morgan fingerprint density at radius 2 is 1.95 bits per heavy atom. The first-order chi connectivity index (χ1) is 10.2. The van der Waals surface area contributed by atoms with E-state index >= 15 is 0 Å². The SMILES string of the molecule is CCN(c1nc(C2CC2)c(CNC(C)C)s1)C1CCCC1. The zero-order chi connectivity index (χ0) is 14.8. The lowest BCUT2D eigenvalue weighted by atomic mass is 10.2. The second-order valence-corrected chi connectivity index (χ2v) is 7.90. The molecule has 21 heavy (non-hydrogen) atoms. The van der Waals surface area contributed by atoms with Crippen molar-refractivity contribution < 1.29 is 0 Å². The molecule has 3 nitrogen and oxygen atoms in total. The van der Waals surface area contributed by atoms with Crippen molar-refractivity contribution in [3.05, 3.63) is 10.6 Å². The maximum Gasteiger partial charge on any atom is 0.186 e. The quantitative estimate of drug-likeness (QED) is 0.814. The van der Waals surface area contributed by atoms with Crippen molar-refractivity contribution in [2.75, 3.05) is 11.4 Å². The van der Waals surface area contributed by atoms with Crippen LogP contribution in [0.5, 0.6) is 0 Å². The number of rotatable bonds is 7. The zero-order valence-corrected chi connectivity index (χ0v) is 14.5. The van der Waals surface area contributed by atoms with Crippen molar-refractivity contribution in [3.63, 3.8) is 0 Å². The molecule has 4 heteroatoms. The fourth-order valence-electron chi connectivity index (χ4n) is 3.34. The molecule has 118 valence electrons. The van der Waals surface area contributed by atoms with Crippen LogP contribution in [0.4, 0.5) is 5.13 Å². The second-order valence-electron chi connectivity index (χ2n) is 6.84. The fourth-order valence-corrected chi connectivity index (χ4v) is 4.57. The molecule has 2 aliphatic carbocycles. The molecule has 0 bridgehead atoms. The minimum atomic E-state index is 0.541. The number of nitrogens with one attached hydrogen (secondary N) is 1. The van der Waals surface area contributed by atoms with Crippen LogP contribution in [0, 0.1) is 0 Å². The van der Waals surface area contributed by atoms with E-state index in [1.165, 1.54) is 54.2 Å². The lowest BCUT2D eigenvalue weighted by molar-refractivity contribution is 0.590. The molecule has 1 N–H and O–H groups in total. The van der Waals surface area contributed by atoms with E-state index in [9.17, 15) is 0 Å². The van der Waals surface area contributed by atoms with E-state index < -0.39 is 0 Å². The van der Waals surface area contributed by atoms with Gasteiger partial charge in [-0.25, -0.2) is 4.98 Å². The van der Waals surface area contributed by atoms with Crippen LogP contribution in [0.3, 0.4) is 0 Å². The predicted octanol–water partition coefficient (Wildman–Crippen LogP) is 4.29. The van der Waals surface area contributed by atoms with Gasteiger partial charge in [0.05, 0.1) is 5.69 Å². The standard InChI is InChI=1S/C17H29N3S/c1-4-20(14-7-5-6-8-14)17-19-16(13-9-10-13)15(21-17)11-18-12(2)3/h12-14,18H,4-11H2,1-3H3. The number of aromatic nitrogens is 1. The average Bonchev–Trinajstić information content (AvgIpc) is 3.00. The highest BCUT2D eigenvalue weighted by atomic mass is 32.1. The van der Waals surface area contributed by atoms with E-state index in [0.29, 0.717) is 6.04 Å². The monoisotopic (exact) mass is 307 g/mol. The summed E-state index contributed by atoms with van der Waals surface area (Å²) < 4.78 is 0. The van der Waals surface area contributed by atoms with Gasteiger partial charge in [-0.2, -0.15) is 0 Å². The lowest BCUT2D eigenvalue weighted by Gasteiger charge is -2.26. The molecule has 0 aliphatic heterocycles. The van der Waals surface area contributed by atoms with Crippen molar-refractivity contribution in [1.82, 2.24) is 10.3 Å². The molecule has 2 fully saturated rings. The molecule has 2 aliphatic rings. The van der Waals surface area contributed by atoms with Gasteiger partial charge in [0.2, 0.25) is 0 Å². The molecule has 0 saturated heterocycles. The first-order valence-electron chi connectivity index (χ1n) is 8.68. The van der Waals surface area contributed by atoms with E-state index in [2.05, 4.69) is 31.0 Å². The summed E-state index contributed by atoms with van der Waals surface area (Å²) in [5.74, 6) is 0.751. The normalized spacial score (nSPS) is 19.6. The van der Waals surface area contributed by atoms with Gasteiger partial charge in [0.25, 0.3) is 0 Å². The van der Waals surface area contributed by atoms with Gasteiger partial charge in [-0.05, 0) is 32.6 Å². The van der Waals surface area contributed by atoms with Gasteiger partial charge in [0.1, 0.15) is 0 Å². The summed E-state index contributed by atoms with van der Waals surface area (Å²) in [5, 5.41) is 4.86. The van der Waals surface area contributed by atoms with Crippen molar-refractivity contribution in [2.24, 2.45) is 0 Å². The summed E-state index contributed by atoms with van der Waals surface area (Å²) in [4.78, 5) is 9.13. The average molecular weight is 308 g/mol. The number of hydrogen-bond acceptors (Lipinski definition) is 4. The molecular formula is C17H29N3S. The van der Waals surface area contributed by atoms with Gasteiger partial charge >= 0.3 is 0 Å². The molecule has 0 amide bonds. The molecule has 0 aromatic carbocycles. The van der Waals surface area contributed by atoms with E-state index in [-0.39, 0.29) is 0 Å². The first-order valence-corrected chi connectivity index (χ1v) is 9.50. The van der Waals surface area contributed by atoms with Crippen molar-refractivity contribution >= 4 is 16.5 Å². The van der Waals surface area contributed by atoms with Crippen molar-refractivity contribution in [2.45, 2.75) is 83.8 Å². The third kappa shape index (κ3) is 3.59. The number of nitrogens with zero attached hydrogens (tertiary/aromatic N) is 2. The maximum atomic E-state index is 5.07. The maximum absolute atomic E-state index is 5.07. The summed E-state index contributed by atoms with van der Waals surface area (Å²) in [5.41, 5.74) is 1.40. The molecule has 0 atom stereocenters. The Morgan fingerprint density at radius 1 is 1.24 bits per heavy atom. The molecule has 0 spiro atoms. The molecule has 0 unspecified atom stereocenters. The highest BCUT2D eigenvalue weighted by molar-refractivity contribution is 7.15. The molecule has 3 rings (SSSR count). The summed E-state index contributed by atoms with van der Waals surface area (Å²) in [6.45, 7) is 8.80. The van der Waals surface area contributed by atoms with Crippen LogP contribution >= 0.6 is 11.3 Å². The van der Waals surface area contributed by atoms with Crippen LogP contribution in [0.15, 0.2) is 0 Å². The van der Waals surface area contributed by atoms with Crippen LogP contribution in [0.2, 0.25) is 0 Å². The van der Waals surface area contributed by atoms with E-state index in [1.807, 2.05) is 11.3 Å². The highest BCUT2D eigenvalue weighted by Gasteiger charge is 2.31. The lowest BCUT2D eigenvalue weighted by Crippen LogP contribution is -2.32. The Hall–Kier alpha value is -0.610. The second kappa shape index (κ2) is 6.66. The van der Waals surface area contributed by atoms with E-state index in [0.717, 1.165) is 25.0 Å². The van der Waals surface area contributed by atoms with Gasteiger partial charge in [-0.15, -0.1) is 11.3 Å². The van der Waals surface area contributed by atoms with Gasteiger partial charge in [0, 0.05) is 36.0 Å².